The number of fused-ring (bicyclic) bond motifs is 1. The van der Waals surface area contributed by atoms with Gasteiger partial charge in [-0.15, -0.1) is 0 Å². The quantitative estimate of drug-likeness (QED) is 0.778. The lowest BCUT2D eigenvalue weighted by Crippen LogP contribution is -2.31. The van der Waals surface area contributed by atoms with Crippen molar-refractivity contribution < 1.29 is 13.9 Å². The van der Waals surface area contributed by atoms with Gasteiger partial charge in [0.25, 0.3) is 5.91 Å². The highest BCUT2D eigenvalue weighted by atomic mass is 79.9. The van der Waals surface area contributed by atoms with Gasteiger partial charge in [-0.3, -0.25) is 4.79 Å². The predicted molar refractivity (Wildman–Crippen MR) is 82.3 cm³/mol. The minimum atomic E-state index is -0.444. The standard InChI is InChI=1S/C16H13BrFNO2/c17-15-11(5-3-6-12(15)18)16(20)19-9-4-10-21-14-8-2-1-7-13(14)19/h1-3,5-8H,4,9-10H2. The second kappa shape index (κ2) is 5.85. The van der Waals surface area contributed by atoms with Gasteiger partial charge >= 0.3 is 0 Å². The second-order valence-electron chi connectivity index (χ2n) is 4.73. The first-order chi connectivity index (χ1) is 10.2. The number of amides is 1. The van der Waals surface area contributed by atoms with E-state index in [0.29, 0.717) is 24.5 Å². The number of rotatable bonds is 1. The summed E-state index contributed by atoms with van der Waals surface area (Å²) in [6.07, 6.45) is 0.730. The van der Waals surface area contributed by atoms with Crippen LogP contribution < -0.4 is 9.64 Å². The summed E-state index contributed by atoms with van der Waals surface area (Å²) in [4.78, 5) is 14.4. The van der Waals surface area contributed by atoms with Crippen LogP contribution in [0.3, 0.4) is 0 Å². The van der Waals surface area contributed by atoms with Crippen LogP contribution >= 0.6 is 15.9 Å². The molecule has 5 heteroatoms. The number of carbonyl (C=O) groups is 1. The monoisotopic (exact) mass is 349 g/mol. The summed E-state index contributed by atoms with van der Waals surface area (Å²) in [5.74, 6) is -0.00425. The van der Waals surface area contributed by atoms with Crippen LogP contribution in [0.2, 0.25) is 0 Å². The van der Waals surface area contributed by atoms with E-state index < -0.39 is 5.82 Å². The zero-order chi connectivity index (χ0) is 14.8. The molecule has 1 heterocycles. The van der Waals surface area contributed by atoms with E-state index in [1.54, 1.807) is 11.0 Å². The zero-order valence-electron chi connectivity index (χ0n) is 11.2. The van der Waals surface area contributed by atoms with Gasteiger partial charge in [-0.05, 0) is 46.6 Å². The van der Waals surface area contributed by atoms with Crippen LogP contribution in [0.4, 0.5) is 10.1 Å². The SMILES string of the molecule is O=C(c1cccc(F)c1Br)N1CCCOc2ccccc21. The number of benzene rings is 2. The fraction of sp³-hybridized carbons (Fsp3) is 0.188. The van der Waals surface area contributed by atoms with Gasteiger partial charge in [-0.2, -0.15) is 0 Å². The number of nitrogens with zero attached hydrogens (tertiary/aromatic N) is 1. The van der Waals surface area contributed by atoms with Crippen molar-refractivity contribution in [1.29, 1.82) is 0 Å². The maximum absolute atomic E-state index is 13.6. The summed E-state index contributed by atoms with van der Waals surface area (Å²) in [7, 11) is 0. The first-order valence-electron chi connectivity index (χ1n) is 6.66. The number of anilines is 1. The molecule has 1 amide bonds. The van der Waals surface area contributed by atoms with Crippen LogP contribution in [0.25, 0.3) is 0 Å². The molecule has 0 spiro atoms. The molecule has 21 heavy (non-hydrogen) atoms. The highest BCUT2D eigenvalue weighted by Gasteiger charge is 2.25. The molecule has 3 nitrogen and oxygen atoms in total. The molecule has 0 radical (unpaired) electrons. The van der Waals surface area contributed by atoms with E-state index in [4.69, 9.17) is 4.74 Å². The predicted octanol–water partition coefficient (Wildman–Crippen LogP) is 4.02. The maximum Gasteiger partial charge on any atom is 0.259 e. The number of halogens is 2. The summed E-state index contributed by atoms with van der Waals surface area (Å²) in [6, 6.07) is 11.9. The van der Waals surface area contributed by atoms with Gasteiger partial charge < -0.3 is 9.64 Å². The van der Waals surface area contributed by atoms with Crippen LogP contribution in [0.5, 0.6) is 5.75 Å². The molecule has 0 saturated heterocycles. The summed E-state index contributed by atoms with van der Waals surface area (Å²) in [5, 5.41) is 0. The molecule has 0 aliphatic carbocycles. The molecule has 0 aromatic heterocycles. The van der Waals surface area contributed by atoms with Crippen molar-refractivity contribution in [3.63, 3.8) is 0 Å². The highest BCUT2D eigenvalue weighted by Crippen LogP contribution is 2.32. The average Bonchev–Trinajstić information content (AvgIpc) is 2.72. The molecule has 0 N–H and O–H groups in total. The van der Waals surface area contributed by atoms with E-state index in [9.17, 15) is 9.18 Å². The Bertz CT molecular complexity index is 690. The molecule has 1 aliphatic heterocycles. The highest BCUT2D eigenvalue weighted by molar-refractivity contribution is 9.10. The zero-order valence-corrected chi connectivity index (χ0v) is 12.8. The lowest BCUT2D eigenvalue weighted by Gasteiger charge is -2.22. The lowest BCUT2D eigenvalue weighted by atomic mass is 10.1. The Balaban J connectivity index is 2.03. The molecule has 0 atom stereocenters. The average molecular weight is 350 g/mol. The van der Waals surface area contributed by atoms with Crippen molar-refractivity contribution in [1.82, 2.24) is 0 Å². The minimum Gasteiger partial charge on any atom is -0.491 e. The Morgan fingerprint density at radius 2 is 2.00 bits per heavy atom. The van der Waals surface area contributed by atoms with Gasteiger partial charge in [0, 0.05) is 6.54 Å². The van der Waals surface area contributed by atoms with Gasteiger partial charge in [0.15, 0.2) is 0 Å². The lowest BCUT2D eigenvalue weighted by molar-refractivity contribution is 0.0986. The Kier molecular flexibility index (Phi) is 3.92. The maximum atomic E-state index is 13.6. The van der Waals surface area contributed by atoms with E-state index in [-0.39, 0.29) is 10.4 Å². The molecule has 1 aliphatic rings. The summed E-state index contributed by atoms with van der Waals surface area (Å²) in [6.45, 7) is 1.10. The van der Waals surface area contributed by atoms with Crippen molar-refractivity contribution in [3.05, 3.63) is 58.3 Å². The molecular weight excluding hydrogens is 337 g/mol. The molecule has 3 rings (SSSR count). The first kappa shape index (κ1) is 14.1. The van der Waals surface area contributed by atoms with Crippen LogP contribution in [0.1, 0.15) is 16.8 Å². The van der Waals surface area contributed by atoms with Gasteiger partial charge in [-0.1, -0.05) is 18.2 Å². The molecule has 0 fully saturated rings. The number of ether oxygens (including phenoxy) is 1. The third-order valence-corrected chi connectivity index (χ3v) is 4.17. The molecule has 108 valence electrons. The van der Waals surface area contributed by atoms with Gasteiger partial charge in [0.1, 0.15) is 11.6 Å². The fourth-order valence-corrected chi connectivity index (χ4v) is 2.79. The normalized spacial score (nSPS) is 14.1. The molecule has 0 saturated carbocycles. The van der Waals surface area contributed by atoms with Crippen molar-refractivity contribution in [2.45, 2.75) is 6.42 Å². The van der Waals surface area contributed by atoms with Crippen molar-refractivity contribution in [2.75, 3.05) is 18.1 Å². The summed E-state index contributed by atoms with van der Waals surface area (Å²) >= 11 is 3.15. The van der Waals surface area contributed by atoms with E-state index in [1.165, 1.54) is 12.1 Å². The van der Waals surface area contributed by atoms with Gasteiger partial charge in [0.05, 0.1) is 22.3 Å². The smallest absolute Gasteiger partial charge is 0.259 e. The summed E-state index contributed by atoms with van der Waals surface area (Å²) < 4.78 is 19.5. The van der Waals surface area contributed by atoms with Gasteiger partial charge in [-0.25, -0.2) is 4.39 Å². The van der Waals surface area contributed by atoms with E-state index >= 15 is 0 Å². The van der Waals surface area contributed by atoms with E-state index in [1.807, 2.05) is 24.3 Å². The minimum absolute atomic E-state index is 0.192. The largest absolute Gasteiger partial charge is 0.491 e. The van der Waals surface area contributed by atoms with Crippen LogP contribution in [0, 0.1) is 5.82 Å². The third-order valence-electron chi connectivity index (χ3n) is 3.37. The summed E-state index contributed by atoms with van der Waals surface area (Å²) in [5.41, 5.74) is 1.03. The first-order valence-corrected chi connectivity index (χ1v) is 7.45. The number of hydrogen-bond acceptors (Lipinski definition) is 2. The third kappa shape index (κ3) is 2.65. The van der Waals surface area contributed by atoms with E-state index in [2.05, 4.69) is 15.9 Å². The van der Waals surface area contributed by atoms with Crippen LogP contribution in [-0.2, 0) is 0 Å². The van der Waals surface area contributed by atoms with Crippen molar-refractivity contribution in [3.8, 4) is 5.75 Å². The topological polar surface area (TPSA) is 29.5 Å². The molecule has 0 unspecified atom stereocenters. The Hall–Kier alpha value is -1.88. The number of carbonyl (C=O) groups excluding carboxylic acids is 1. The second-order valence-corrected chi connectivity index (χ2v) is 5.52. The Labute approximate surface area is 130 Å². The van der Waals surface area contributed by atoms with Gasteiger partial charge in [0.2, 0.25) is 0 Å². The van der Waals surface area contributed by atoms with E-state index in [0.717, 1.165) is 12.1 Å². The molecule has 2 aromatic carbocycles. The van der Waals surface area contributed by atoms with Crippen molar-refractivity contribution in [2.24, 2.45) is 0 Å². The van der Waals surface area contributed by atoms with Crippen molar-refractivity contribution >= 4 is 27.5 Å². The Morgan fingerprint density at radius 3 is 2.86 bits per heavy atom. The number of hydrogen-bond donors (Lipinski definition) is 0. The number of para-hydroxylation sites is 2. The van der Waals surface area contributed by atoms with Crippen LogP contribution in [-0.4, -0.2) is 19.1 Å². The molecule has 0 bridgehead atoms. The molecular formula is C16H13BrFNO2. The molecule has 2 aromatic rings. The fourth-order valence-electron chi connectivity index (χ4n) is 2.35. The van der Waals surface area contributed by atoms with Crippen LogP contribution in [0.15, 0.2) is 46.9 Å². The Morgan fingerprint density at radius 1 is 1.19 bits per heavy atom.